The Bertz CT molecular complexity index is 304. The number of carbonyl (C=O) groups is 2. The number of hydrogen-bond donors (Lipinski definition) is 3. The number of nitrogens with one attached hydrogen (secondary N) is 1. The molecule has 0 heterocycles. The SMILES string of the molecule is CCCCCCCCCC(=O)NCCN(CCO)CC(=O)O.[NaH]. The molecule has 0 aliphatic carbocycles. The minimum absolute atomic E-state index is 0. The Morgan fingerprint density at radius 1 is 1.00 bits per heavy atom. The van der Waals surface area contributed by atoms with Crippen molar-refractivity contribution in [1.29, 1.82) is 0 Å². The van der Waals surface area contributed by atoms with E-state index in [1.807, 2.05) is 0 Å². The van der Waals surface area contributed by atoms with Crippen molar-refractivity contribution in [3.8, 4) is 0 Å². The van der Waals surface area contributed by atoms with Crippen LogP contribution in [0, 0.1) is 0 Å². The summed E-state index contributed by atoms with van der Waals surface area (Å²) in [6.07, 6.45) is 8.80. The van der Waals surface area contributed by atoms with Gasteiger partial charge in [0.05, 0.1) is 13.2 Å². The number of carboxylic acids is 1. The molecule has 132 valence electrons. The molecule has 0 atom stereocenters. The molecule has 3 N–H and O–H groups in total. The topological polar surface area (TPSA) is 89.9 Å². The summed E-state index contributed by atoms with van der Waals surface area (Å²) in [5.41, 5.74) is 0. The molecule has 0 aliphatic heterocycles. The van der Waals surface area contributed by atoms with Gasteiger partial charge in [-0.05, 0) is 6.42 Å². The monoisotopic (exact) mass is 340 g/mol. The Morgan fingerprint density at radius 3 is 2.17 bits per heavy atom. The quantitative estimate of drug-likeness (QED) is 0.305. The van der Waals surface area contributed by atoms with E-state index in [1.54, 1.807) is 4.90 Å². The Kier molecular flexibility index (Phi) is 19.9. The molecule has 0 bridgehead atoms. The van der Waals surface area contributed by atoms with E-state index in [2.05, 4.69) is 12.2 Å². The van der Waals surface area contributed by atoms with Gasteiger partial charge in [0.2, 0.25) is 5.91 Å². The fourth-order valence-electron chi connectivity index (χ4n) is 2.29. The van der Waals surface area contributed by atoms with E-state index >= 15 is 0 Å². The summed E-state index contributed by atoms with van der Waals surface area (Å²) in [5.74, 6) is -0.907. The Morgan fingerprint density at radius 2 is 1.61 bits per heavy atom. The molecule has 0 fully saturated rings. The van der Waals surface area contributed by atoms with Gasteiger partial charge in [-0.3, -0.25) is 14.5 Å². The molecule has 0 aromatic carbocycles. The maximum atomic E-state index is 11.6. The van der Waals surface area contributed by atoms with Gasteiger partial charge in [0, 0.05) is 26.1 Å². The average Bonchev–Trinajstić information content (AvgIpc) is 2.46. The number of rotatable bonds is 15. The van der Waals surface area contributed by atoms with Crippen LogP contribution < -0.4 is 5.32 Å². The molecule has 0 rings (SSSR count). The molecule has 0 spiro atoms. The van der Waals surface area contributed by atoms with Gasteiger partial charge in [0.25, 0.3) is 0 Å². The van der Waals surface area contributed by atoms with Crippen LogP contribution in [0.2, 0.25) is 0 Å². The van der Waals surface area contributed by atoms with E-state index in [4.69, 9.17) is 10.2 Å². The summed E-state index contributed by atoms with van der Waals surface area (Å²) >= 11 is 0. The summed E-state index contributed by atoms with van der Waals surface area (Å²) in [6, 6.07) is 0. The zero-order chi connectivity index (χ0) is 16.6. The molecule has 6 nitrogen and oxygen atoms in total. The third kappa shape index (κ3) is 18.0. The number of hydrogen-bond acceptors (Lipinski definition) is 4. The standard InChI is InChI=1S/C16H32N2O4.Na.H/c1-2-3-4-5-6-7-8-9-15(20)17-10-11-18(12-13-19)14-16(21)22;;/h19H,2-14H2,1H3,(H,17,20)(H,21,22);;. The molecule has 0 radical (unpaired) electrons. The molecule has 0 aromatic heterocycles. The van der Waals surface area contributed by atoms with Gasteiger partial charge >= 0.3 is 35.5 Å². The summed E-state index contributed by atoms with van der Waals surface area (Å²) in [4.78, 5) is 23.9. The molecular weight excluding hydrogens is 307 g/mol. The minimum atomic E-state index is -0.928. The van der Waals surface area contributed by atoms with Gasteiger partial charge in [-0.1, -0.05) is 45.4 Å². The zero-order valence-corrected chi connectivity index (χ0v) is 13.9. The molecular formula is C16H33N2NaO4. The van der Waals surface area contributed by atoms with Crippen LogP contribution in [0.4, 0.5) is 0 Å². The van der Waals surface area contributed by atoms with E-state index < -0.39 is 5.97 Å². The van der Waals surface area contributed by atoms with Crippen molar-refractivity contribution in [3.63, 3.8) is 0 Å². The summed E-state index contributed by atoms with van der Waals surface area (Å²) < 4.78 is 0. The average molecular weight is 340 g/mol. The number of nitrogens with zero attached hydrogens (tertiary/aromatic N) is 1. The molecule has 0 unspecified atom stereocenters. The van der Waals surface area contributed by atoms with Crippen LogP contribution in [0.1, 0.15) is 58.3 Å². The van der Waals surface area contributed by atoms with Crippen molar-refractivity contribution in [3.05, 3.63) is 0 Å². The number of aliphatic carboxylic acids is 1. The Balaban J connectivity index is 0. The number of unbranched alkanes of at least 4 members (excludes halogenated alkanes) is 6. The maximum absolute atomic E-state index is 11.6. The van der Waals surface area contributed by atoms with Crippen molar-refractivity contribution in [2.24, 2.45) is 0 Å². The second-order valence-electron chi connectivity index (χ2n) is 5.61. The van der Waals surface area contributed by atoms with Crippen LogP contribution >= 0.6 is 0 Å². The Hall–Kier alpha value is -0.140. The van der Waals surface area contributed by atoms with Gasteiger partial charge in [-0.15, -0.1) is 0 Å². The van der Waals surface area contributed by atoms with Crippen molar-refractivity contribution in [2.45, 2.75) is 58.3 Å². The van der Waals surface area contributed by atoms with E-state index in [1.165, 1.54) is 32.1 Å². The van der Waals surface area contributed by atoms with Gasteiger partial charge < -0.3 is 15.5 Å². The fourth-order valence-corrected chi connectivity index (χ4v) is 2.29. The van der Waals surface area contributed by atoms with Crippen molar-refractivity contribution >= 4 is 41.4 Å². The molecule has 0 aliphatic rings. The first-order chi connectivity index (χ1) is 10.6. The van der Waals surface area contributed by atoms with E-state index in [0.717, 1.165) is 12.8 Å². The molecule has 0 saturated carbocycles. The second kappa shape index (κ2) is 18.2. The summed E-state index contributed by atoms with van der Waals surface area (Å²) in [6.45, 7) is 3.16. The van der Waals surface area contributed by atoms with Crippen molar-refractivity contribution in [1.82, 2.24) is 10.2 Å². The summed E-state index contributed by atoms with van der Waals surface area (Å²) in [5, 5.41) is 20.4. The molecule has 1 amide bonds. The van der Waals surface area contributed by atoms with Crippen LogP contribution in [0.25, 0.3) is 0 Å². The predicted octanol–water partition coefficient (Wildman–Crippen LogP) is 0.974. The number of aliphatic hydroxyl groups is 1. The van der Waals surface area contributed by atoms with E-state index in [9.17, 15) is 9.59 Å². The first-order valence-electron chi connectivity index (χ1n) is 8.41. The first-order valence-corrected chi connectivity index (χ1v) is 8.41. The Labute approximate surface area is 162 Å². The molecule has 7 heteroatoms. The summed E-state index contributed by atoms with van der Waals surface area (Å²) in [7, 11) is 0. The first kappa shape index (κ1) is 25.1. The van der Waals surface area contributed by atoms with Crippen LogP contribution in [0.15, 0.2) is 0 Å². The van der Waals surface area contributed by atoms with E-state index in [-0.39, 0.29) is 48.6 Å². The number of aliphatic hydroxyl groups excluding tert-OH is 1. The normalized spacial score (nSPS) is 10.4. The van der Waals surface area contributed by atoms with Crippen LogP contribution in [0.5, 0.6) is 0 Å². The molecule has 23 heavy (non-hydrogen) atoms. The molecule has 0 aromatic rings. The van der Waals surface area contributed by atoms with Crippen molar-refractivity contribution < 1.29 is 19.8 Å². The van der Waals surface area contributed by atoms with Gasteiger partial charge in [-0.2, -0.15) is 0 Å². The van der Waals surface area contributed by atoms with Crippen molar-refractivity contribution in [2.75, 3.05) is 32.8 Å². The van der Waals surface area contributed by atoms with Crippen LogP contribution in [-0.4, -0.2) is 89.3 Å². The van der Waals surface area contributed by atoms with Crippen LogP contribution in [-0.2, 0) is 9.59 Å². The predicted molar refractivity (Wildman–Crippen MR) is 93.9 cm³/mol. The zero-order valence-electron chi connectivity index (χ0n) is 13.9. The third-order valence-corrected chi connectivity index (χ3v) is 3.53. The van der Waals surface area contributed by atoms with Gasteiger partial charge in [0.1, 0.15) is 0 Å². The molecule has 0 saturated heterocycles. The number of amides is 1. The van der Waals surface area contributed by atoms with E-state index in [0.29, 0.717) is 26.1 Å². The third-order valence-electron chi connectivity index (χ3n) is 3.53. The van der Waals surface area contributed by atoms with Crippen LogP contribution in [0.3, 0.4) is 0 Å². The number of carboxylic acid groups (broad SMARTS) is 1. The second-order valence-corrected chi connectivity index (χ2v) is 5.61. The van der Waals surface area contributed by atoms with Gasteiger partial charge in [0.15, 0.2) is 0 Å². The van der Waals surface area contributed by atoms with Gasteiger partial charge in [-0.25, -0.2) is 0 Å². The fraction of sp³-hybridized carbons (Fsp3) is 0.875. The number of carbonyl (C=O) groups excluding carboxylic acids is 1.